The molecule has 2 aromatic carbocycles. The second kappa shape index (κ2) is 17.7. The molecule has 2 aromatic rings. The maximum Gasteiger partial charge on any atom is 0.408 e. The summed E-state index contributed by atoms with van der Waals surface area (Å²) in [5.74, 6) is -1.18. The zero-order valence-electron chi connectivity index (χ0n) is 33.7. The predicted octanol–water partition coefficient (Wildman–Crippen LogP) is 10.9. The van der Waals surface area contributed by atoms with Crippen LogP contribution in [0.3, 0.4) is 0 Å². The number of ether oxygens (including phenoxy) is 1. The van der Waals surface area contributed by atoms with Crippen molar-refractivity contribution in [2.75, 3.05) is 0 Å². The van der Waals surface area contributed by atoms with Crippen molar-refractivity contribution in [3.63, 3.8) is 0 Å². The Balaban J connectivity index is 0.000000193. The van der Waals surface area contributed by atoms with Gasteiger partial charge in [0.15, 0.2) is 0 Å². The summed E-state index contributed by atoms with van der Waals surface area (Å²) in [4.78, 5) is 24.2. The minimum Gasteiger partial charge on any atom is -0.444 e. The number of fused-ring (bicyclic) bond motifs is 4. The summed E-state index contributed by atoms with van der Waals surface area (Å²) in [5, 5.41) is 12.6. The van der Waals surface area contributed by atoms with Gasteiger partial charge in [-0.25, -0.2) is 13.6 Å². The van der Waals surface area contributed by atoms with E-state index in [0.717, 1.165) is 130 Å². The van der Waals surface area contributed by atoms with Gasteiger partial charge in [0.2, 0.25) is 5.91 Å². The summed E-state index contributed by atoms with van der Waals surface area (Å²) in [7, 11) is 0. The van der Waals surface area contributed by atoms with Crippen molar-refractivity contribution >= 4 is 46.7 Å². The smallest absolute Gasteiger partial charge is 0.408 e. The van der Waals surface area contributed by atoms with E-state index in [4.69, 9.17) is 16.2 Å². The highest BCUT2D eigenvalue weighted by Gasteiger charge is 2.34. The van der Waals surface area contributed by atoms with Crippen molar-refractivity contribution < 1.29 is 23.1 Å². The number of primary amides is 1. The molecule has 8 rings (SSSR count). The van der Waals surface area contributed by atoms with Gasteiger partial charge in [-0.05, 0) is 180 Å². The number of hydrogen-bond donors (Lipinski definition) is 3. The van der Waals surface area contributed by atoms with Crippen LogP contribution in [0.25, 0.3) is 22.3 Å². The molecule has 0 bridgehead atoms. The molecule has 0 aliphatic heterocycles. The maximum absolute atomic E-state index is 15.4. The molecule has 5 N–H and O–H groups in total. The van der Waals surface area contributed by atoms with Crippen molar-refractivity contribution in [3.05, 3.63) is 91.6 Å². The standard InChI is InChI=1S/C26H31FN2O2.C21H25FN2O.ClH/c1-26(2,3)31-25(30)29-19-10-7-9-17(12-19)23-22(27)14-18(15-28)21-13-16-8-5-4-6-11-20(16)24(21)23;22-18-11-17(21(24)25)16-10-12-5-2-1-3-8-15(12)20(16)19(18)13-6-4-7-14(23)9-13;/h12,14,19H,4-11,13H2,1-3H3,(H,29,30);9,11,14H,1-8,10,23H2,(H2,24,25);1H/t19-;14-;/m00./s1. The third-order valence-corrected chi connectivity index (χ3v) is 12.3. The first-order chi connectivity index (χ1) is 26.8. The first-order valence-corrected chi connectivity index (χ1v) is 20.8. The van der Waals surface area contributed by atoms with Crippen LogP contribution < -0.4 is 16.8 Å². The number of carbonyl (C=O) groups excluding carboxylic acids is 2. The Hall–Kier alpha value is -4.26. The highest BCUT2D eigenvalue weighted by Crippen LogP contribution is 2.48. The van der Waals surface area contributed by atoms with Gasteiger partial charge in [0, 0.05) is 22.7 Å². The van der Waals surface area contributed by atoms with Gasteiger partial charge in [-0.15, -0.1) is 12.4 Å². The molecule has 0 unspecified atom stereocenters. The zero-order valence-corrected chi connectivity index (χ0v) is 34.5. The maximum atomic E-state index is 15.4. The number of allylic oxidation sites excluding steroid dienone is 6. The molecule has 0 saturated heterocycles. The Labute approximate surface area is 342 Å². The molecule has 0 radical (unpaired) electrons. The lowest BCUT2D eigenvalue weighted by Crippen LogP contribution is -2.39. The molecule has 304 valence electrons. The fourth-order valence-corrected chi connectivity index (χ4v) is 9.94. The van der Waals surface area contributed by atoms with Crippen molar-refractivity contribution in [2.24, 2.45) is 11.5 Å². The van der Waals surface area contributed by atoms with E-state index in [-0.39, 0.29) is 36.1 Å². The molecule has 2 atom stereocenters. The predicted molar refractivity (Wildman–Crippen MR) is 225 cm³/mol. The number of nitrogens with two attached hydrogens (primary N) is 2. The largest absolute Gasteiger partial charge is 0.444 e. The Morgan fingerprint density at radius 1 is 0.754 bits per heavy atom. The van der Waals surface area contributed by atoms with Crippen molar-refractivity contribution in [1.82, 2.24) is 5.32 Å². The zero-order chi connectivity index (χ0) is 39.7. The Morgan fingerprint density at radius 2 is 1.30 bits per heavy atom. The van der Waals surface area contributed by atoms with E-state index in [1.54, 1.807) is 0 Å². The summed E-state index contributed by atoms with van der Waals surface area (Å²) >= 11 is 0. The van der Waals surface area contributed by atoms with Gasteiger partial charge < -0.3 is 21.5 Å². The first-order valence-electron chi connectivity index (χ1n) is 20.8. The van der Waals surface area contributed by atoms with E-state index >= 15 is 8.78 Å². The number of nitrogens with one attached hydrogen (secondary N) is 1. The molecule has 0 saturated carbocycles. The van der Waals surface area contributed by atoms with Gasteiger partial charge in [-0.3, -0.25) is 4.79 Å². The molecule has 7 nitrogen and oxygen atoms in total. The normalized spacial score (nSPS) is 21.4. The summed E-state index contributed by atoms with van der Waals surface area (Å²) in [5.41, 5.74) is 24.4. The third kappa shape index (κ3) is 9.08. The second-order valence-corrected chi connectivity index (χ2v) is 17.5. The number of nitrogens with zero attached hydrogens (tertiary/aromatic N) is 1. The van der Waals surface area contributed by atoms with Gasteiger partial charge in [-0.2, -0.15) is 5.26 Å². The lowest BCUT2D eigenvalue weighted by molar-refractivity contribution is 0.0511. The minimum atomic E-state index is -0.562. The van der Waals surface area contributed by atoms with Crippen LogP contribution in [0.1, 0.15) is 173 Å². The average Bonchev–Trinajstić information content (AvgIpc) is 3.44. The Kier molecular flexibility index (Phi) is 13.2. The summed E-state index contributed by atoms with van der Waals surface area (Å²) in [6.07, 6.45) is 21.3. The van der Waals surface area contributed by atoms with E-state index in [2.05, 4.69) is 11.4 Å². The summed E-state index contributed by atoms with van der Waals surface area (Å²) in [6.45, 7) is 5.51. The molecule has 6 aliphatic carbocycles. The topological polar surface area (TPSA) is 131 Å². The lowest BCUT2D eigenvalue weighted by atomic mass is 9.84. The summed E-state index contributed by atoms with van der Waals surface area (Å²) in [6, 6.07) is 4.78. The number of rotatable bonds is 4. The molecule has 0 aromatic heterocycles. The van der Waals surface area contributed by atoms with Gasteiger partial charge in [0.05, 0.1) is 17.7 Å². The van der Waals surface area contributed by atoms with Gasteiger partial charge >= 0.3 is 6.09 Å². The molecule has 0 spiro atoms. The fourth-order valence-electron chi connectivity index (χ4n) is 9.94. The number of nitriles is 1. The number of carbonyl (C=O) groups is 2. The SMILES string of the molecule is CC(C)(C)OC(=O)N[C@@H]1C=C(c2c(F)cc(C#N)c3c2C2=C(CCCCC2)C3)CCC1.Cl.NC(=O)c1cc(F)c(C2=C[C@@H](N)CCC2)c2c1CC1=C2CCCCC1. The molecule has 0 heterocycles. The Bertz CT molecular complexity index is 2120. The number of benzene rings is 2. The van der Waals surface area contributed by atoms with E-state index < -0.39 is 17.6 Å². The van der Waals surface area contributed by atoms with Crippen LogP contribution in [-0.4, -0.2) is 29.7 Å². The van der Waals surface area contributed by atoms with E-state index in [0.29, 0.717) is 22.3 Å². The first kappa shape index (κ1) is 42.3. The molecule has 0 fully saturated rings. The van der Waals surface area contributed by atoms with Crippen LogP contribution in [0.15, 0.2) is 35.4 Å². The van der Waals surface area contributed by atoms with Crippen LogP contribution in [-0.2, 0) is 17.6 Å². The molecule has 10 heteroatoms. The quantitative estimate of drug-likeness (QED) is 0.283. The monoisotopic (exact) mass is 798 g/mol. The van der Waals surface area contributed by atoms with Crippen LogP contribution in [0.4, 0.5) is 13.6 Å². The van der Waals surface area contributed by atoms with E-state index in [1.807, 2.05) is 32.9 Å². The number of halogens is 3. The van der Waals surface area contributed by atoms with Crippen molar-refractivity contribution in [3.8, 4) is 6.07 Å². The van der Waals surface area contributed by atoms with Crippen molar-refractivity contribution in [2.45, 2.75) is 154 Å². The number of hydrogen-bond acceptors (Lipinski definition) is 5. The van der Waals surface area contributed by atoms with E-state index in [1.165, 1.54) is 53.7 Å². The summed E-state index contributed by atoms with van der Waals surface area (Å²) < 4.78 is 35.9. The van der Waals surface area contributed by atoms with Crippen LogP contribution in [0.5, 0.6) is 0 Å². The minimum absolute atomic E-state index is 0. The number of amides is 2. The van der Waals surface area contributed by atoms with Crippen LogP contribution in [0.2, 0.25) is 0 Å². The van der Waals surface area contributed by atoms with Gasteiger partial charge in [0.25, 0.3) is 0 Å². The second-order valence-electron chi connectivity index (χ2n) is 17.5. The lowest BCUT2D eigenvalue weighted by Gasteiger charge is -2.26. The average molecular weight is 799 g/mol. The number of alkyl carbamates (subject to hydrolysis) is 1. The van der Waals surface area contributed by atoms with Crippen LogP contribution in [0, 0.1) is 23.0 Å². The van der Waals surface area contributed by atoms with E-state index in [9.17, 15) is 14.9 Å². The molecule has 6 aliphatic rings. The fraction of sp³-hybridized carbons (Fsp3) is 0.511. The van der Waals surface area contributed by atoms with Gasteiger partial charge in [-0.1, -0.05) is 36.1 Å². The molecular weight excluding hydrogens is 742 g/mol. The third-order valence-electron chi connectivity index (χ3n) is 12.3. The molecular formula is C47H57ClF2N4O3. The van der Waals surface area contributed by atoms with Crippen LogP contribution >= 0.6 is 12.4 Å². The van der Waals surface area contributed by atoms with Gasteiger partial charge in [0.1, 0.15) is 17.2 Å². The highest BCUT2D eigenvalue weighted by atomic mass is 35.5. The molecule has 2 amide bonds. The molecule has 57 heavy (non-hydrogen) atoms. The highest BCUT2D eigenvalue weighted by molar-refractivity contribution is 5.99. The van der Waals surface area contributed by atoms with Crippen molar-refractivity contribution in [1.29, 1.82) is 5.26 Å². The Morgan fingerprint density at radius 3 is 1.88 bits per heavy atom.